The molecular weight excluding hydrogens is 350 g/mol. The number of nitrogens with zero attached hydrogens (tertiary/aromatic N) is 1. The zero-order valence-corrected chi connectivity index (χ0v) is 16.0. The summed E-state index contributed by atoms with van der Waals surface area (Å²) in [4.78, 5) is 0. The highest BCUT2D eigenvalue weighted by Gasteiger charge is 2.25. The minimum Gasteiger partial charge on any atom is -0.208 e. The van der Waals surface area contributed by atoms with E-state index in [4.69, 9.17) is 0 Å². The third kappa shape index (κ3) is 4.75. The molecule has 2 aromatic carbocycles. The number of thioether (sulfide) groups is 1. The van der Waals surface area contributed by atoms with Crippen molar-refractivity contribution in [3.8, 4) is 0 Å². The lowest BCUT2D eigenvalue weighted by atomic mass is 10.0. The fraction of sp³-hybridized carbons (Fsp3) is 0.300. The summed E-state index contributed by atoms with van der Waals surface area (Å²) in [5.41, 5.74) is 3.50. The summed E-state index contributed by atoms with van der Waals surface area (Å²) in [5.74, 6) is 0.817. The Morgan fingerprint density at radius 3 is 2.52 bits per heavy atom. The molecule has 1 saturated heterocycles. The molecule has 1 atom stereocenters. The van der Waals surface area contributed by atoms with Crippen molar-refractivity contribution in [2.75, 3.05) is 18.8 Å². The molecule has 1 heterocycles. The molecule has 25 heavy (non-hydrogen) atoms. The minimum absolute atomic E-state index is 0.361. The van der Waals surface area contributed by atoms with Crippen molar-refractivity contribution >= 4 is 27.9 Å². The van der Waals surface area contributed by atoms with Crippen molar-refractivity contribution in [2.24, 2.45) is 0 Å². The van der Waals surface area contributed by atoms with Gasteiger partial charge in [0.25, 0.3) is 0 Å². The fourth-order valence-electron chi connectivity index (χ4n) is 3.02. The molecule has 0 spiro atoms. The quantitative estimate of drug-likeness (QED) is 0.793. The standard InChI is InChI=1S/C20H23NO2S2/c1-17-7-5-6-10-19(17)20-11-13-21(14-15-24-20)25(22,23)16-12-18-8-3-2-4-9-18/h2-10,12,16,20H,11,13-15H2,1H3/b16-12+. The maximum atomic E-state index is 12.7. The zero-order valence-electron chi connectivity index (χ0n) is 14.3. The van der Waals surface area contributed by atoms with E-state index in [9.17, 15) is 8.42 Å². The van der Waals surface area contributed by atoms with E-state index in [0.717, 1.165) is 17.7 Å². The second kappa shape index (κ2) is 8.21. The van der Waals surface area contributed by atoms with Crippen LogP contribution in [0.3, 0.4) is 0 Å². The molecule has 3 rings (SSSR count). The normalized spacial score (nSPS) is 19.8. The number of hydrogen-bond donors (Lipinski definition) is 0. The van der Waals surface area contributed by atoms with Gasteiger partial charge in [0.05, 0.1) is 0 Å². The van der Waals surface area contributed by atoms with Gasteiger partial charge in [-0.2, -0.15) is 16.1 Å². The predicted octanol–water partition coefficient (Wildman–Crippen LogP) is 4.48. The number of hydrogen-bond acceptors (Lipinski definition) is 3. The molecule has 1 fully saturated rings. The molecule has 0 saturated carbocycles. The van der Waals surface area contributed by atoms with E-state index in [1.807, 2.05) is 48.2 Å². The summed E-state index contributed by atoms with van der Waals surface area (Å²) in [6.07, 6.45) is 2.51. The van der Waals surface area contributed by atoms with Gasteiger partial charge in [0.1, 0.15) is 0 Å². The van der Waals surface area contributed by atoms with Crippen molar-refractivity contribution in [3.63, 3.8) is 0 Å². The lowest BCUT2D eigenvalue weighted by molar-refractivity contribution is 0.435. The Bertz CT molecular complexity index is 832. The molecule has 0 bridgehead atoms. The van der Waals surface area contributed by atoms with Crippen LogP contribution < -0.4 is 0 Å². The summed E-state index contributed by atoms with van der Waals surface area (Å²) >= 11 is 1.86. The third-order valence-electron chi connectivity index (χ3n) is 4.43. The van der Waals surface area contributed by atoms with E-state index in [1.54, 1.807) is 10.4 Å². The van der Waals surface area contributed by atoms with Crippen LogP contribution in [-0.2, 0) is 10.0 Å². The van der Waals surface area contributed by atoms with Gasteiger partial charge in [-0.05, 0) is 36.1 Å². The first kappa shape index (κ1) is 18.2. The van der Waals surface area contributed by atoms with Crippen molar-refractivity contribution < 1.29 is 8.42 Å². The molecule has 1 aliphatic rings. The zero-order chi connectivity index (χ0) is 17.7. The van der Waals surface area contributed by atoms with E-state index in [0.29, 0.717) is 18.3 Å². The largest absolute Gasteiger partial charge is 0.236 e. The Hall–Kier alpha value is -1.56. The number of sulfonamides is 1. The van der Waals surface area contributed by atoms with E-state index >= 15 is 0 Å². The second-order valence-electron chi connectivity index (χ2n) is 6.16. The van der Waals surface area contributed by atoms with Gasteiger partial charge in [-0.3, -0.25) is 0 Å². The highest BCUT2D eigenvalue weighted by molar-refractivity contribution is 7.99. The lowest BCUT2D eigenvalue weighted by Crippen LogP contribution is -2.31. The van der Waals surface area contributed by atoms with E-state index in [2.05, 4.69) is 25.1 Å². The smallest absolute Gasteiger partial charge is 0.208 e. The van der Waals surface area contributed by atoms with E-state index in [1.165, 1.54) is 16.5 Å². The Labute approximate surface area is 154 Å². The van der Waals surface area contributed by atoms with Gasteiger partial charge < -0.3 is 0 Å². The van der Waals surface area contributed by atoms with Gasteiger partial charge >= 0.3 is 0 Å². The molecule has 0 amide bonds. The number of rotatable bonds is 4. The molecule has 0 aromatic heterocycles. The maximum absolute atomic E-state index is 12.7. The fourth-order valence-corrected chi connectivity index (χ4v) is 5.66. The molecule has 2 aromatic rings. The highest BCUT2D eigenvalue weighted by Crippen LogP contribution is 2.36. The van der Waals surface area contributed by atoms with Crippen LogP contribution in [0, 0.1) is 6.92 Å². The van der Waals surface area contributed by atoms with Gasteiger partial charge in [-0.25, -0.2) is 8.42 Å². The van der Waals surface area contributed by atoms with Crippen LogP contribution in [0.1, 0.15) is 28.4 Å². The van der Waals surface area contributed by atoms with Crippen molar-refractivity contribution in [3.05, 3.63) is 76.7 Å². The summed E-state index contributed by atoms with van der Waals surface area (Å²) in [5, 5.41) is 1.70. The summed E-state index contributed by atoms with van der Waals surface area (Å²) in [6, 6.07) is 17.9. The SMILES string of the molecule is Cc1ccccc1C1CCN(S(=O)(=O)/C=C/c2ccccc2)CCS1. The second-order valence-corrected chi connectivity index (χ2v) is 9.29. The van der Waals surface area contributed by atoms with Gasteiger partial charge in [0.2, 0.25) is 10.0 Å². The first-order valence-electron chi connectivity index (χ1n) is 8.47. The van der Waals surface area contributed by atoms with Crippen LogP contribution in [0.25, 0.3) is 6.08 Å². The molecule has 132 valence electrons. The highest BCUT2D eigenvalue weighted by atomic mass is 32.2. The van der Waals surface area contributed by atoms with Crippen LogP contribution in [0.5, 0.6) is 0 Å². The molecule has 3 nitrogen and oxygen atoms in total. The molecule has 0 radical (unpaired) electrons. The van der Waals surface area contributed by atoms with Gasteiger partial charge in [0, 0.05) is 29.5 Å². The number of aryl methyl sites for hydroxylation is 1. The van der Waals surface area contributed by atoms with Crippen molar-refractivity contribution in [2.45, 2.75) is 18.6 Å². The molecule has 1 aliphatic heterocycles. The summed E-state index contributed by atoms with van der Waals surface area (Å²) in [6.45, 7) is 3.25. The summed E-state index contributed by atoms with van der Waals surface area (Å²) < 4.78 is 26.9. The molecule has 1 unspecified atom stereocenters. The van der Waals surface area contributed by atoms with Crippen LogP contribution >= 0.6 is 11.8 Å². The van der Waals surface area contributed by atoms with E-state index in [-0.39, 0.29) is 0 Å². The minimum atomic E-state index is -3.38. The van der Waals surface area contributed by atoms with Crippen LogP contribution in [0.15, 0.2) is 60.0 Å². The maximum Gasteiger partial charge on any atom is 0.236 e. The monoisotopic (exact) mass is 373 g/mol. The average Bonchev–Trinajstić information content (AvgIpc) is 2.88. The van der Waals surface area contributed by atoms with Crippen LogP contribution in [0.2, 0.25) is 0 Å². The molecule has 0 N–H and O–H groups in total. The molecule has 5 heteroatoms. The lowest BCUT2D eigenvalue weighted by Gasteiger charge is -2.18. The van der Waals surface area contributed by atoms with E-state index < -0.39 is 10.0 Å². The average molecular weight is 374 g/mol. The van der Waals surface area contributed by atoms with Gasteiger partial charge in [-0.1, -0.05) is 54.6 Å². The first-order chi connectivity index (χ1) is 12.1. The van der Waals surface area contributed by atoms with Crippen molar-refractivity contribution in [1.29, 1.82) is 0 Å². The van der Waals surface area contributed by atoms with Gasteiger partial charge in [0.15, 0.2) is 0 Å². The van der Waals surface area contributed by atoms with Gasteiger partial charge in [-0.15, -0.1) is 0 Å². The first-order valence-corrected chi connectivity index (χ1v) is 11.0. The summed E-state index contributed by atoms with van der Waals surface area (Å²) in [7, 11) is -3.38. The number of benzene rings is 2. The van der Waals surface area contributed by atoms with Crippen LogP contribution in [-0.4, -0.2) is 31.6 Å². The van der Waals surface area contributed by atoms with Crippen molar-refractivity contribution in [1.82, 2.24) is 4.31 Å². The predicted molar refractivity (Wildman–Crippen MR) is 107 cm³/mol. The third-order valence-corrected chi connectivity index (χ3v) is 7.30. The molecule has 0 aliphatic carbocycles. The Morgan fingerprint density at radius 1 is 1.04 bits per heavy atom. The van der Waals surface area contributed by atoms with Crippen LogP contribution in [0.4, 0.5) is 0 Å². The Morgan fingerprint density at radius 2 is 1.76 bits per heavy atom. The Kier molecular flexibility index (Phi) is 5.99. The topological polar surface area (TPSA) is 37.4 Å². The Balaban J connectivity index is 1.70. The molecular formula is C20H23NO2S2.